The molecule has 0 atom stereocenters. The molecule has 2 rings (SSSR count). The first-order chi connectivity index (χ1) is 9.72. The lowest BCUT2D eigenvalue weighted by molar-refractivity contribution is 0.585. The van der Waals surface area contributed by atoms with Gasteiger partial charge in [0.05, 0.1) is 5.69 Å². The van der Waals surface area contributed by atoms with Crippen molar-refractivity contribution < 1.29 is 4.39 Å². The molecule has 2 N–H and O–H groups in total. The first kappa shape index (κ1) is 14.3. The quantitative estimate of drug-likeness (QED) is 0.868. The second-order valence-corrected chi connectivity index (χ2v) is 4.52. The number of rotatable bonds is 6. The van der Waals surface area contributed by atoms with Gasteiger partial charge in [0.1, 0.15) is 6.33 Å². The summed E-state index contributed by atoms with van der Waals surface area (Å²) in [5, 5.41) is 0. The van der Waals surface area contributed by atoms with Crippen molar-refractivity contribution in [1.82, 2.24) is 15.0 Å². The molecule has 2 aromatic rings. The van der Waals surface area contributed by atoms with Crippen LogP contribution < -0.4 is 10.6 Å². The van der Waals surface area contributed by atoms with Crippen LogP contribution >= 0.6 is 0 Å². The van der Waals surface area contributed by atoms with E-state index in [0.717, 1.165) is 12.0 Å². The zero-order chi connectivity index (χ0) is 14.4. The van der Waals surface area contributed by atoms with Crippen molar-refractivity contribution in [3.05, 3.63) is 47.9 Å². The molecule has 0 spiro atoms. The van der Waals surface area contributed by atoms with E-state index in [2.05, 4.69) is 15.0 Å². The highest BCUT2D eigenvalue weighted by molar-refractivity contribution is 5.41. The van der Waals surface area contributed by atoms with Gasteiger partial charge in [-0.3, -0.25) is 4.98 Å². The molecule has 106 valence electrons. The molecule has 5 nitrogen and oxygen atoms in total. The summed E-state index contributed by atoms with van der Waals surface area (Å²) in [4.78, 5) is 13.9. The minimum Gasteiger partial charge on any atom is -0.350 e. The van der Waals surface area contributed by atoms with Gasteiger partial charge in [0.15, 0.2) is 11.6 Å². The van der Waals surface area contributed by atoms with Gasteiger partial charge < -0.3 is 10.6 Å². The third-order valence-corrected chi connectivity index (χ3v) is 2.97. The molecule has 0 saturated heterocycles. The maximum absolute atomic E-state index is 14.2. The molecule has 0 aliphatic rings. The van der Waals surface area contributed by atoms with Crippen molar-refractivity contribution in [3.8, 4) is 0 Å². The van der Waals surface area contributed by atoms with Crippen LogP contribution in [0.2, 0.25) is 0 Å². The normalized spacial score (nSPS) is 10.6. The molecule has 0 aliphatic carbocycles. The highest BCUT2D eigenvalue weighted by Gasteiger charge is 2.15. The first-order valence-corrected chi connectivity index (χ1v) is 6.53. The number of anilines is 1. The number of pyridine rings is 1. The van der Waals surface area contributed by atoms with Crippen LogP contribution in [0.5, 0.6) is 0 Å². The van der Waals surface area contributed by atoms with Gasteiger partial charge in [-0.1, -0.05) is 6.07 Å². The number of aryl methyl sites for hydroxylation is 1. The molecule has 0 fully saturated rings. The topological polar surface area (TPSA) is 67.9 Å². The van der Waals surface area contributed by atoms with Crippen LogP contribution in [0.3, 0.4) is 0 Å². The van der Waals surface area contributed by atoms with Crippen LogP contribution in [0.15, 0.2) is 30.9 Å². The second-order valence-electron chi connectivity index (χ2n) is 4.52. The minimum atomic E-state index is -0.381. The number of nitrogens with zero attached hydrogens (tertiary/aromatic N) is 4. The van der Waals surface area contributed by atoms with E-state index < -0.39 is 0 Å². The van der Waals surface area contributed by atoms with E-state index in [0.29, 0.717) is 31.1 Å². The van der Waals surface area contributed by atoms with Crippen molar-refractivity contribution in [1.29, 1.82) is 0 Å². The highest BCUT2D eigenvalue weighted by atomic mass is 19.1. The number of nitrogens with two attached hydrogens (primary N) is 1. The van der Waals surface area contributed by atoms with Crippen LogP contribution in [0, 0.1) is 12.7 Å². The van der Waals surface area contributed by atoms with E-state index >= 15 is 0 Å². The molecular weight excluding hydrogens is 257 g/mol. The van der Waals surface area contributed by atoms with E-state index in [1.807, 2.05) is 17.0 Å². The fourth-order valence-corrected chi connectivity index (χ4v) is 1.92. The Morgan fingerprint density at radius 3 is 2.90 bits per heavy atom. The lowest BCUT2D eigenvalue weighted by Crippen LogP contribution is -2.28. The number of halogens is 1. The zero-order valence-corrected chi connectivity index (χ0v) is 11.5. The summed E-state index contributed by atoms with van der Waals surface area (Å²) < 4.78 is 14.2. The number of hydrogen-bond acceptors (Lipinski definition) is 5. The molecule has 0 bridgehead atoms. The average Bonchev–Trinajstić information content (AvgIpc) is 2.48. The van der Waals surface area contributed by atoms with Crippen LogP contribution in [0.4, 0.5) is 10.2 Å². The van der Waals surface area contributed by atoms with E-state index in [4.69, 9.17) is 5.73 Å². The smallest absolute Gasteiger partial charge is 0.186 e. The Bertz CT molecular complexity index is 547. The van der Waals surface area contributed by atoms with Gasteiger partial charge in [-0.15, -0.1) is 0 Å². The summed E-state index contributed by atoms with van der Waals surface area (Å²) in [5.74, 6) is -0.0665. The van der Waals surface area contributed by atoms with Crippen molar-refractivity contribution in [2.24, 2.45) is 5.73 Å². The standard InChI is InChI=1S/C14H18FN5/c1-11-13(15)14(19-10-18-11)20(7-3-5-16)9-12-4-2-6-17-8-12/h2,4,6,8,10H,3,5,7,9,16H2,1H3. The highest BCUT2D eigenvalue weighted by Crippen LogP contribution is 2.19. The van der Waals surface area contributed by atoms with Gasteiger partial charge in [0.25, 0.3) is 0 Å². The zero-order valence-electron chi connectivity index (χ0n) is 11.5. The predicted molar refractivity (Wildman–Crippen MR) is 75.7 cm³/mol. The van der Waals surface area contributed by atoms with E-state index in [1.54, 1.807) is 19.3 Å². The summed E-state index contributed by atoms with van der Waals surface area (Å²) in [5.41, 5.74) is 6.90. The molecule has 0 saturated carbocycles. The fraction of sp³-hybridized carbons (Fsp3) is 0.357. The van der Waals surface area contributed by atoms with E-state index in [-0.39, 0.29) is 5.82 Å². The Balaban J connectivity index is 2.25. The summed E-state index contributed by atoms with van der Waals surface area (Å²) in [6, 6.07) is 3.81. The maximum atomic E-state index is 14.2. The molecular formula is C14H18FN5. The Labute approximate surface area is 117 Å². The summed E-state index contributed by atoms with van der Waals surface area (Å²) in [6.45, 7) is 3.36. The lowest BCUT2D eigenvalue weighted by atomic mass is 10.2. The molecule has 0 amide bonds. The Morgan fingerprint density at radius 2 is 2.20 bits per heavy atom. The van der Waals surface area contributed by atoms with Crippen molar-refractivity contribution in [3.63, 3.8) is 0 Å². The predicted octanol–water partition coefficient (Wildman–Crippen LogP) is 1.67. The van der Waals surface area contributed by atoms with Crippen LogP contribution in [0.25, 0.3) is 0 Å². The van der Waals surface area contributed by atoms with Crippen molar-refractivity contribution >= 4 is 5.82 Å². The third-order valence-electron chi connectivity index (χ3n) is 2.97. The molecule has 2 heterocycles. The fourth-order valence-electron chi connectivity index (χ4n) is 1.92. The summed E-state index contributed by atoms with van der Waals surface area (Å²) >= 11 is 0. The molecule has 0 aliphatic heterocycles. The van der Waals surface area contributed by atoms with Crippen LogP contribution in [-0.2, 0) is 6.54 Å². The van der Waals surface area contributed by atoms with Gasteiger partial charge in [-0.05, 0) is 31.5 Å². The number of aromatic nitrogens is 3. The van der Waals surface area contributed by atoms with Gasteiger partial charge >= 0.3 is 0 Å². The average molecular weight is 275 g/mol. The molecule has 6 heteroatoms. The first-order valence-electron chi connectivity index (χ1n) is 6.53. The van der Waals surface area contributed by atoms with Gasteiger partial charge in [0.2, 0.25) is 0 Å². The third kappa shape index (κ3) is 3.48. The summed E-state index contributed by atoms with van der Waals surface area (Å²) in [6.07, 6.45) is 5.62. The van der Waals surface area contributed by atoms with Gasteiger partial charge in [0, 0.05) is 25.5 Å². The maximum Gasteiger partial charge on any atom is 0.186 e. The molecule has 0 radical (unpaired) electrons. The van der Waals surface area contributed by atoms with Gasteiger partial charge in [-0.2, -0.15) is 0 Å². The Kier molecular flexibility index (Phi) is 4.95. The Morgan fingerprint density at radius 1 is 1.35 bits per heavy atom. The molecule has 2 aromatic heterocycles. The van der Waals surface area contributed by atoms with E-state index in [9.17, 15) is 4.39 Å². The van der Waals surface area contributed by atoms with Crippen molar-refractivity contribution in [2.45, 2.75) is 19.9 Å². The van der Waals surface area contributed by atoms with Crippen molar-refractivity contribution in [2.75, 3.05) is 18.0 Å². The lowest BCUT2D eigenvalue weighted by Gasteiger charge is -2.24. The second kappa shape index (κ2) is 6.91. The van der Waals surface area contributed by atoms with Crippen LogP contribution in [0.1, 0.15) is 17.7 Å². The Hall–Kier alpha value is -2.08. The molecule has 0 aromatic carbocycles. The SMILES string of the molecule is Cc1ncnc(N(CCCN)Cc2cccnc2)c1F. The van der Waals surface area contributed by atoms with Gasteiger partial charge in [-0.25, -0.2) is 14.4 Å². The summed E-state index contributed by atoms with van der Waals surface area (Å²) in [7, 11) is 0. The monoisotopic (exact) mass is 275 g/mol. The van der Waals surface area contributed by atoms with E-state index in [1.165, 1.54) is 6.33 Å². The minimum absolute atomic E-state index is 0.315. The largest absolute Gasteiger partial charge is 0.350 e. The molecule has 0 unspecified atom stereocenters. The number of hydrogen-bond donors (Lipinski definition) is 1. The molecule has 20 heavy (non-hydrogen) atoms. The van der Waals surface area contributed by atoms with Crippen LogP contribution in [-0.4, -0.2) is 28.0 Å².